The van der Waals surface area contributed by atoms with Gasteiger partial charge < -0.3 is 4.74 Å². The van der Waals surface area contributed by atoms with E-state index in [2.05, 4.69) is 33.9 Å². The fourth-order valence-corrected chi connectivity index (χ4v) is 2.20. The number of nitrogens with zero attached hydrogens (tertiary/aromatic N) is 1. The SMILES string of the molecule is COc1ncc(Br)c2c(C)cccc12. The number of aryl methyl sites for hydroxylation is 1. The first-order chi connectivity index (χ1) is 6.74. The normalized spacial score (nSPS) is 10.5. The third-order valence-electron chi connectivity index (χ3n) is 2.23. The fraction of sp³-hybridized carbons (Fsp3) is 0.182. The molecule has 0 aliphatic rings. The van der Waals surface area contributed by atoms with E-state index in [1.807, 2.05) is 12.1 Å². The average Bonchev–Trinajstić information content (AvgIpc) is 2.18. The van der Waals surface area contributed by atoms with Gasteiger partial charge in [0, 0.05) is 21.4 Å². The van der Waals surface area contributed by atoms with E-state index in [0.29, 0.717) is 5.88 Å². The average molecular weight is 252 g/mol. The number of hydrogen-bond donors (Lipinski definition) is 0. The number of halogens is 1. The van der Waals surface area contributed by atoms with Gasteiger partial charge in [0.2, 0.25) is 5.88 Å². The summed E-state index contributed by atoms with van der Waals surface area (Å²) in [7, 11) is 1.64. The molecule has 0 bridgehead atoms. The van der Waals surface area contributed by atoms with Crippen LogP contribution in [0.25, 0.3) is 10.8 Å². The maximum absolute atomic E-state index is 5.21. The zero-order chi connectivity index (χ0) is 10.1. The van der Waals surface area contributed by atoms with Gasteiger partial charge in [0.15, 0.2) is 0 Å². The zero-order valence-electron chi connectivity index (χ0n) is 8.04. The second kappa shape index (κ2) is 3.58. The predicted molar refractivity (Wildman–Crippen MR) is 60.7 cm³/mol. The topological polar surface area (TPSA) is 22.1 Å². The van der Waals surface area contributed by atoms with Gasteiger partial charge in [-0.3, -0.25) is 0 Å². The molecule has 3 heteroatoms. The summed E-state index contributed by atoms with van der Waals surface area (Å²) in [5.41, 5.74) is 1.22. The monoisotopic (exact) mass is 251 g/mol. The highest BCUT2D eigenvalue weighted by molar-refractivity contribution is 9.10. The van der Waals surface area contributed by atoms with E-state index in [0.717, 1.165) is 9.86 Å². The summed E-state index contributed by atoms with van der Waals surface area (Å²) < 4.78 is 6.21. The van der Waals surface area contributed by atoms with Crippen LogP contribution in [0.2, 0.25) is 0 Å². The van der Waals surface area contributed by atoms with Gasteiger partial charge in [-0.2, -0.15) is 0 Å². The van der Waals surface area contributed by atoms with E-state index in [4.69, 9.17) is 4.74 Å². The van der Waals surface area contributed by atoms with Crippen molar-refractivity contribution in [1.82, 2.24) is 4.98 Å². The quantitative estimate of drug-likeness (QED) is 0.776. The Hall–Kier alpha value is -1.09. The molecule has 0 unspecified atom stereocenters. The summed E-state index contributed by atoms with van der Waals surface area (Å²) >= 11 is 3.49. The molecule has 72 valence electrons. The molecule has 2 rings (SSSR count). The summed E-state index contributed by atoms with van der Waals surface area (Å²) in [4.78, 5) is 4.20. The van der Waals surface area contributed by atoms with Crippen molar-refractivity contribution in [1.29, 1.82) is 0 Å². The Morgan fingerprint density at radius 3 is 2.86 bits per heavy atom. The summed E-state index contributed by atoms with van der Waals surface area (Å²) in [6.07, 6.45) is 1.77. The summed E-state index contributed by atoms with van der Waals surface area (Å²) in [5.74, 6) is 0.673. The van der Waals surface area contributed by atoms with Crippen LogP contribution < -0.4 is 4.74 Å². The maximum Gasteiger partial charge on any atom is 0.221 e. The van der Waals surface area contributed by atoms with Gasteiger partial charge in [0.1, 0.15) is 0 Å². The molecule has 0 atom stereocenters. The summed E-state index contributed by atoms with van der Waals surface area (Å²) in [6, 6.07) is 6.10. The molecule has 1 aromatic heterocycles. The molecular formula is C11H10BrNO. The van der Waals surface area contributed by atoms with Crippen LogP contribution in [-0.4, -0.2) is 12.1 Å². The van der Waals surface area contributed by atoms with Crippen LogP contribution in [0.15, 0.2) is 28.9 Å². The molecule has 0 aliphatic carbocycles. The summed E-state index contributed by atoms with van der Waals surface area (Å²) in [6.45, 7) is 2.08. The highest BCUT2D eigenvalue weighted by Gasteiger charge is 2.07. The van der Waals surface area contributed by atoms with Crippen LogP contribution in [0.4, 0.5) is 0 Å². The van der Waals surface area contributed by atoms with Gasteiger partial charge in [-0.05, 0) is 34.5 Å². The largest absolute Gasteiger partial charge is 0.481 e. The van der Waals surface area contributed by atoms with Crippen LogP contribution in [0.5, 0.6) is 5.88 Å². The van der Waals surface area contributed by atoms with Crippen molar-refractivity contribution < 1.29 is 4.74 Å². The lowest BCUT2D eigenvalue weighted by Gasteiger charge is -2.07. The lowest BCUT2D eigenvalue weighted by Crippen LogP contribution is -1.90. The number of hydrogen-bond acceptors (Lipinski definition) is 2. The Labute approximate surface area is 91.0 Å². The minimum atomic E-state index is 0.673. The van der Waals surface area contributed by atoms with Gasteiger partial charge in [0.05, 0.1) is 7.11 Å². The molecule has 0 radical (unpaired) electrons. The van der Waals surface area contributed by atoms with Crippen molar-refractivity contribution in [3.63, 3.8) is 0 Å². The number of pyridine rings is 1. The molecular weight excluding hydrogens is 242 g/mol. The smallest absolute Gasteiger partial charge is 0.221 e. The molecule has 2 nitrogen and oxygen atoms in total. The van der Waals surface area contributed by atoms with Gasteiger partial charge in [-0.25, -0.2) is 4.98 Å². The van der Waals surface area contributed by atoms with Crippen LogP contribution in [0.1, 0.15) is 5.56 Å². The number of methoxy groups -OCH3 is 1. The van der Waals surface area contributed by atoms with Gasteiger partial charge in [-0.15, -0.1) is 0 Å². The minimum Gasteiger partial charge on any atom is -0.481 e. The number of benzene rings is 1. The second-order valence-electron chi connectivity index (χ2n) is 3.11. The van der Waals surface area contributed by atoms with E-state index < -0.39 is 0 Å². The number of ether oxygens (including phenoxy) is 1. The Morgan fingerprint density at radius 1 is 1.36 bits per heavy atom. The van der Waals surface area contributed by atoms with Crippen LogP contribution in [0.3, 0.4) is 0 Å². The molecule has 0 fully saturated rings. The van der Waals surface area contributed by atoms with Gasteiger partial charge >= 0.3 is 0 Å². The predicted octanol–water partition coefficient (Wildman–Crippen LogP) is 3.31. The van der Waals surface area contributed by atoms with Crippen LogP contribution in [-0.2, 0) is 0 Å². The Bertz CT molecular complexity index is 474. The maximum atomic E-state index is 5.21. The van der Waals surface area contributed by atoms with E-state index in [1.54, 1.807) is 13.3 Å². The lowest BCUT2D eigenvalue weighted by atomic mass is 10.1. The first-order valence-corrected chi connectivity index (χ1v) is 5.11. The van der Waals surface area contributed by atoms with Crippen molar-refractivity contribution in [2.24, 2.45) is 0 Å². The number of fused-ring (bicyclic) bond motifs is 1. The summed E-state index contributed by atoms with van der Waals surface area (Å²) in [5, 5.41) is 2.21. The molecule has 0 aliphatic heterocycles. The van der Waals surface area contributed by atoms with Gasteiger partial charge in [-0.1, -0.05) is 12.1 Å². The number of aromatic nitrogens is 1. The first kappa shape index (κ1) is 9.46. The van der Waals surface area contributed by atoms with Crippen molar-refractivity contribution in [2.45, 2.75) is 6.92 Å². The zero-order valence-corrected chi connectivity index (χ0v) is 9.63. The Morgan fingerprint density at radius 2 is 2.14 bits per heavy atom. The fourth-order valence-electron chi connectivity index (χ4n) is 1.58. The highest BCUT2D eigenvalue weighted by Crippen LogP contribution is 2.31. The Balaban J connectivity index is 2.91. The van der Waals surface area contributed by atoms with E-state index in [9.17, 15) is 0 Å². The molecule has 0 saturated carbocycles. The van der Waals surface area contributed by atoms with Crippen molar-refractivity contribution >= 4 is 26.7 Å². The number of rotatable bonds is 1. The Kier molecular flexibility index (Phi) is 2.42. The standard InChI is InChI=1S/C11H10BrNO/c1-7-4-3-5-8-10(7)9(12)6-13-11(8)14-2/h3-6H,1-2H3. The molecule has 14 heavy (non-hydrogen) atoms. The molecule has 0 amide bonds. The molecule has 0 saturated heterocycles. The van der Waals surface area contributed by atoms with E-state index >= 15 is 0 Å². The molecule has 0 N–H and O–H groups in total. The van der Waals surface area contributed by atoms with Crippen LogP contribution in [0, 0.1) is 6.92 Å². The molecule has 1 aromatic carbocycles. The van der Waals surface area contributed by atoms with E-state index in [1.165, 1.54) is 10.9 Å². The van der Waals surface area contributed by atoms with Crippen molar-refractivity contribution in [3.05, 3.63) is 34.4 Å². The van der Waals surface area contributed by atoms with Crippen molar-refractivity contribution in [3.8, 4) is 5.88 Å². The van der Waals surface area contributed by atoms with Crippen LogP contribution >= 0.6 is 15.9 Å². The lowest BCUT2D eigenvalue weighted by molar-refractivity contribution is 0.403. The minimum absolute atomic E-state index is 0.673. The van der Waals surface area contributed by atoms with Gasteiger partial charge in [0.25, 0.3) is 0 Å². The van der Waals surface area contributed by atoms with E-state index in [-0.39, 0.29) is 0 Å². The molecule has 0 spiro atoms. The highest BCUT2D eigenvalue weighted by atomic mass is 79.9. The molecule has 2 aromatic rings. The third-order valence-corrected chi connectivity index (χ3v) is 2.83. The van der Waals surface area contributed by atoms with Crippen molar-refractivity contribution in [2.75, 3.05) is 7.11 Å². The first-order valence-electron chi connectivity index (χ1n) is 4.32. The third kappa shape index (κ3) is 1.38. The molecule has 1 heterocycles. The second-order valence-corrected chi connectivity index (χ2v) is 3.97.